The van der Waals surface area contributed by atoms with Crippen molar-refractivity contribution >= 4 is 0 Å². The van der Waals surface area contributed by atoms with E-state index >= 15 is 4.39 Å². The molecule has 0 heterocycles. The first-order valence-electron chi connectivity index (χ1n) is 15.5. The Morgan fingerprint density at radius 3 is 1.91 bits per heavy atom. The molecule has 4 aromatic carbocycles. The van der Waals surface area contributed by atoms with Gasteiger partial charge in [0.15, 0.2) is 11.6 Å². The van der Waals surface area contributed by atoms with E-state index in [1.165, 1.54) is 24.3 Å². The summed E-state index contributed by atoms with van der Waals surface area (Å²) in [5.41, 5.74) is 3.38. The lowest BCUT2D eigenvalue weighted by Gasteiger charge is -2.31. The molecule has 0 aliphatic heterocycles. The summed E-state index contributed by atoms with van der Waals surface area (Å²) >= 11 is 0. The maximum Gasteiger partial charge on any atom is 0.573 e. The van der Waals surface area contributed by atoms with Crippen molar-refractivity contribution in [3.05, 3.63) is 113 Å². The molecule has 0 bridgehead atoms. The fraction of sp³-hybridized carbons (Fsp3) is 0.351. The fourth-order valence-electron chi connectivity index (χ4n) is 5.99. The maximum atomic E-state index is 15.0. The SMILES string of the molecule is CCCCCc1ccc(C(F)(F)OC2CCC(c3ccc(-c4ccc(-c5ccc(OC(F)(F)F)c(F)c5)c(F)c4)cc3)CC2)cc1. The normalized spacial score (nSPS) is 17.2. The van der Waals surface area contributed by atoms with Gasteiger partial charge in [0.2, 0.25) is 0 Å². The molecular weight excluding hydrogens is 609 g/mol. The minimum absolute atomic E-state index is 0.0295. The Morgan fingerprint density at radius 1 is 0.674 bits per heavy atom. The summed E-state index contributed by atoms with van der Waals surface area (Å²) < 4.78 is 105. The van der Waals surface area contributed by atoms with E-state index in [4.69, 9.17) is 4.74 Å². The summed E-state index contributed by atoms with van der Waals surface area (Å²) in [5.74, 6) is -2.73. The topological polar surface area (TPSA) is 18.5 Å². The molecule has 1 aliphatic rings. The van der Waals surface area contributed by atoms with Crippen molar-refractivity contribution < 1.29 is 40.2 Å². The van der Waals surface area contributed by atoms with Crippen LogP contribution in [0.5, 0.6) is 5.75 Å². The highest BCUT2D eigenvalue weighted by Gasteiger charge is 2.37. The second kappa shape index (κ2) is 14.3. The van der Waals surface area contributed by atoms with Gasteiger partial charge in [0.1, 0.15) is 5.82 Å². The standard InChI is InChI=1S/C37H35F7O2/c1-2-3-4-5-24-6-16-30(17-7-24)36(40,41)45-31-18-12-26(13-19-31)25-8-10-27(11-9-25)28-14-20-32(33(38)22-28)29-15-21-35(34(39)23-29)46-37(42,43)44/h6-11,14-17,20-23,26,31H,2-5,12-13,18-19H2,1H3. The molecule has 0 aromatic heterocycles. The molecule has 0 N–H and O–H groups in total. The number of aryl methyl sites for hydroxylation is 1. The Bertz CT molecular complexity index is 1590. The van der Waals surface area contributed by atoms with Crippen molar-refractivity contribution in [1.82, 2.24) is 0 Å². The van der Waals surface area contributed by atoms with Crippen LogP contribution in [0.25, 0.3) is 22.3 Å². The van der Waals surface area contributed by atoms with E-state index in [1.807, 2.05) is 24.3 Å². The quantitative estimate of drug-likeness (QED) is 0.119. The van der Waals surface area contributed by atoms with Gasteiger partial charge in [-0.1, -0.05) is 86.5 Å². The third kappa shape index (κ3) is 8.49. The van der Waals surface area contributed by atoms with Gasteiger partial charge in [-0.25, -0.2) is 8.78 Å². The lowest BCUT2D eigenvalue weighted by Crippen LogP contribution is -2.29. The largest absolute Gasteiger partial charge is 0.573 e. The van der Waals surface area contributed by atoms with Crippen LogP contribution in [0.1, 0.15) is 74.5 Å². The number of halogens is 7. The second-order valence-electron chi connectivity index (χ2n) is 11.8. The van der Waals surface area contributed by atoms with Crippen LogP contribution in [-0.2, 0) is 17.3 Å². The lowest BCUT2D eigenvalue weighted by molar-refractivity contribution is -0.277. The Balaban J connectivity index is 1.16. The van der Waals surface area contributed by atoms with Crippen molar-refractivity contribution in [3.8, 4) is 28.0 Å². The number of hydrogen-bond acceptors (Lipinski definition) is 2. The van der Waals surface area contributed by atoms with Gasteiger partial charge in [-0.2, -0.15) is 8.78 Å². The van der Waals surface area contributed by atoms with Crippen LogP contribution in [-0.4, -0.2) is 12.5 Å². The van der Waals surface area contributed by atoms with E-state index in [0.717, 1.165) is 60.6 Å². The molecule has 46 heavy (non-hydrogen) atoms. The summed E-state index contributed by atoms with van der Waals surface area (Å²) in [7, 11) is 0. The molecule has 0 radical (unpaired) electrons. The summed E-state index contributed by atoms with van der Waals surface area (Å²) in [4.78, 5) is 0. The molecule has 1 aliphatic carbocycles. The Kier molecular flexibility index (Phi) is 10.4. The van der Waals surface area contributed by atoms with Gasteiger partial charge in [0.25, 0.3) is 0 Å². The van der Waals surface area contributed by atoms with Gasteiger partial charge in [0.05, 0.1) is 11.7 Å². The highest BCUT2D eigenvalue weighted by atomic mass is 19.4. The number of ether oxygens (including phenoxy) is 2. The van der Waals surface area contributed by atoms with Crippen LogP contribution in [0.4, 0.5) is 30.7 Å². The minimum Gasteiger partial charge on any atom is -0.403 e. The zero-order valence-electron chi connectivity index (χ0n) is 25.4. The number of hydrogen-bond donors (Lipinski definition) is 0. The molecule has 5 rings (SSSR count). The van der Waals surface area contributed by atoms with Gasteiger partial charge in [-0.3, -0.25) is 0 Å². The predicted molar refractivity (Wildman–Crippen MR) is 164 cm³/mol. The molecule has 1 saturated carbocycles. The molecule has 1 fully saturated rings. The molecule has 9 heteroatoms. The Labute approximate surface area is 264 Å². The monoisotopic (exact) mass is 644 g/mol. The molecule has 4 aromatic rings. The zero-order chi connectivity index (χ0) is 32.9. The molecule has 0 amide bonds. The van der Waals surface area contributed by atoms with Crippen LogP contribution >= 0.6 is 0 Å². The van der Waals surface area contributed by atoms with Gasteiger partial charge in [0, 0.05) is 5.56 Å². The average molecular weight is 645 g/mol. The van der Waals surface area contributed by atoms with Crippen LogP contribution in [0.2, 0.25) is 0 Å². The second-order valence-corrected chi connectivity index (χ2v) is 11.8. The van der Waals surface area contributed by atoms with E-state index in [9.17, 15) is 26.3 Å². The molecule has 0 saturated heterocycles. The van der Waals surface area contributed by atoms with Gasteiger partial charge < -0.3 is 9.47 Å². The Hall–Kier alpha value is -3.85. The predicted octanol–water partition coefficient (Wildman–Crippen LogP) is 11.7. The first-order valence-corrected chi connectivity index (χ1v) is 15.5. The fourth-order valence-corrected chi connectivity index (χ4v) is 5.99. The van der Waals surface area contributed by atoms with Gasteiger partial charge in [-0.15, -0.1) is 13.2 Å². The van der Waals surface area contributed by atoms with E-state index in [2.05, 4.69) is 11.7 Å². The van der Waals surface area contributed by atoms with Crippen LogP contribution < -0.4 is 4.74 Å². The van der Waals surface area contributed by atoms with Crippen LogP contribution in [0.15, 0.2) is 84.9 Å². The van der Waals surface area contributed by atoms with Crippen molar-refractivity contribution in [1.29, 1.82) is 0 Å². The van der Waals surface area contributed by atoms with E-state index in [0.29, 0.717) is 31.2 Å². The third-order valence-electron chi connectivity index (χ3n) is 8.50. The number of benzene rings is 4. The molecular formula is C37H35F7O2. The van der Waals surface area contributed by atoms with E-state index in [-0.39, 0.29) is 22.6 Å². The van der Waals surface area contributed by atoms with Gasteiger partial charge in [-0.05, 0) is 90.5 Å². The summed E-state index contributed by atoms with van der Waals surface area (Å²) in [5, 5.41) is 0. The highest BCUT2D eigenvalue weighted by Crippen LogP contribution is 2.40. The summed E-state index contributed by atoms with van der Waals surface area (Å²) in [6.45, 7) is 2.13. The summed E-state index contributed by atoms with van der Waals surface area (Å²) in [6, 6.07) is 21.2. The molecule has 0 spiro atoms. The number of unbranched alkanes of at least 4 members (excludes halogenated alkanes) is 2. The van der Waals surface area contributed by atoms with Crippen LogP contribution in [0.3, 0.4) is 0 Å². The third-order valence-corrected chi connectivity index (χ3v) is 8.50. The van der Waals surface area contributed by atoms with E-state index < -0.39 is 36.0 Å². The molecule has 0 unspecified atom stereocenters. The van der Waals surface area contributed by atoms with E-state index in [1.54, 1.807) is 18.2 Å². The summed E-state index contributed by atoms with van der Waals surface area (Å²) in [6.07, 6.45) is -2.40. The minimum atomic E-state index is -5.04. The number of alkyl halides is 5. The van der Waals surface area contributed by atoms with Crippen molar-refractivity contribution in [2.75, 3.05) is 0 Å². The maximum absolute atomic E-state index is 15.0. The molecule has 0 atom stereocenters. The van der Waals surface area contributed by atoms with Gasteiger partial charge >= 0.3 is 12.5 Å². The first-order chi connectivity index (χ1) is 21.9. The molecule has 2 nitrogen and oxygen atoms in total. The lowest BCUT2D eigenvalue weighted by atomic mass is 9.82. The highest BCUT2D eigenvalue weighted by molar-refractivity contribution is 5.71. The van der Waals surface area contributed by atoms with Crippen LogP contribution in [0, 0.1) is 11.6 Å². The van der Waals surface area contributed by atoms with Crippen molar-refractivity contribution in [2.45, 2.75) is 82.8 Å². The first kappa shape index (κ1) is 33.5. The zero-order valence-corrected chi connectivity index (χ0v) is 25.4. The average Bonchev–Trinajstić information content (AvgIpc) is 3.02. The van der Waals surface area contributed by atoms with Crippen molar-refractivity contribution in [2.24, 2.45) is 0 Å². The number of rotatable bonds is 11. The smallest absolute Gasteiger partial charge is 0.403 e. The Morgan fingerprint density at radius 2 is 1.30 bits per heavy atom. The molecule has 244 valence electrons. The van der Waals surface area contributed by atoms with Crippen molar-refractivity contribution in [3.63, 3.8) is 0 Å².